The number of halogens is 1. The number of nitriles is 1. The summed E-state index contributed by atoms with van der Waals surface area (Å²) in [5, 5.41) is 9.43. The minimum absolute atomic E-state index is 0.185. The fourth-order valence-corrected chi connectivity index (χ4v) is 2.46. The van der Waals surface area contributed by atoms with Gasteiger partial charge in [-0.2, -0.15) is 5.26 Å². The molecule has 3 rings (SSSR count). The van der Waals surface area contributed by atoms with Crippen LogP contribution in [0.4, 0.5) is 10.2 Å². The number of nitrogen functional groups attached to an aromatic ring is 1. The molecular weight excluding hydrogens is 313 g/mol. The van der Waals surface area contributed by atoms with Crippen molar-refractivity contribution in [3.8, 4) is 23.2 Å². The molecule has 0 radical (unpaired) electrons. The zero-order valence-electron chi connectivity index (χ0n) is 12.9. The SMILES string of the molecule is N#CC1(COc2cncc(-c3cc(N)ncc3F)n2)CCOCC1. The predicted molar refractivity (Wildman–Crippen MR) is 83.2 cm³/mol. The summed E-state index contributed by atoms with van der Waals surface area (Å²) in [5.74, 6) is -0.137. The quantitative estimate of drug-likeness (QED) is 0.913. The highest BCUT2D eigenvalue weighted by atomic mass is 19.1. The van der Waals surface area contributed by atoms with Crippen molar-refractivity contribution in [1.82, 2.24) is 15.0 Å². The largest absolute Gasteiger partial charge is 0.475 e. The molecule has 2 aromatic heterocycles. The molecule has 0 atom stereocenters. The van der Waals surface area contributed by atoms with Gasteiger partial charge in [0.05, 0.1) is 35.8 Å². The summed E-state index contributed by atoms with van der Waals surface area (Å²) in [4.78, 5) is 11.9. The van der Waals surface area contributed by atoms with E-state index in [0.29, 0.717) is 26.1 Å². The molecule has 0 spiro atoms. The third kappa shape index (κ3) is 3.41. The molecule has 0 bridgehead atoms. The first-order valence-corrected chi connectivity index (χ1v) is 7.47. The number of aromatic nitrogens is 3. The molecule has 1 aliphatic rings. The van der Waals surface area contributed by atoms with E-state index in [2.05, 4.69) is 21.0 Å². The Labute approximate surface area is 138 Å². The van der Waals surface area contributed by atoms with Crippen LogP contribution in [0.15, 0.2) is 24.7 Å². The van der Waals surface area contributed by atoms with Crippen LogP contribution in [0.25, 0.3) is 11.3 Å². The van der Waals surface area contributed by atoms with E-state index < -0.39 is 11.2 Å². The van der Waals surface area contributed by atoms with Gasteiger partial charge in [0.25, 0.3) is 0 Å². The van der Waals surface area contributed by atoms with Crippen LogP contribution in [-0.4, -0.2) is 34.8 Å². The summed E-state index contributed by atoms with van der Waals surface area (Å²) in [7, 11) is 0. The van der Waals surface area contributed by atoms with Crippen LogP contribution >= 0.6 is 0 Å². The van der Waals surface area contributed by atoms with Crippen LogP contribution in [0.2, 0.25) is 0 Å². The zero-order chi connectivity index (χ0) is 17.0. The fraction of sp³-hybridized carbons (Fsp3) is 0.375. The smallest absolute Gasteiger partial charge is 0.232 e. The number of pyridine rings is 1. The van der Waals surface area contributed by atoms with Crippen molar-refractivity contribution < 1.29 is 13.9 Å². The van der Waals surface area contributed by atoms with Crippen LogP contribution in [0, 0.1) is 22.6 Å². The van der Waals surface area contributed by atoms with Crippen molar-refractivity contribution in [3.63, 3.8) is 0 Å². The number of hydrogen-bond donors (Lipinski definition) is 1. The molecule has 3 heterocycles. The third-order valence-corrected chi connectivity index (χ3v) is 3.95. The maximum atomic E-state index is 13.9. The first-order chi connectivity index (χ1) is 11.6. The summed E-state index contributed by atoms with van der Waals surface area (Å²) in [6.07, 6.45) is 5.08. The lowest BCUT2D eigenvalue weighted by atomic mass is 9.83. The summed E-state index contributed by atoms with van der Waals surface area (Å²) in [6.45, 7) is 1.25. The number of nitrogens with two attached hydrogens (primary N) is 1. The van der Waals surface area contributed by atoms with Crippen LogP contribution < -0.4 is 10.5 Å². The van der Waals surface area contributed by atoms with Gasteiger partial charge < -0.3 is 15.2 Å². The van der Waals surface area contributed by atoms with Gasteiger partial charge in [0.2, 0.25) is 5.88 Å². The van der Waals surface area contributed by atoms with Gasteiger partial charge in [-0.1, -0.05) is 0 Å². The normalized spacial score (nSPS) is 16.3. The fourth-order valence-electron chi connectivity index (χ4n) is 2.46. The average Bonchev–Trinajstić information content (AvgIpc) is 2.63. The molecule has 0 amide bonds. The van der Waals surface area contributed by atoms with Crippen molar-refractivity contribution in [1.29, 1.82) is 5.26 Å². The molecule has 1 fully saturated rings. The van der Waals surface area contributed by atoms with Gasteiger partial charge in [0, 0.05) is 18.8 Å². The number of anilines is 1. The Morgan fingerprint density at radius 1 is 1.33 bits per heavy atom. The Bertz CT molecular complexity index is 771. The van der Waals surface area contributed by atoms with Gasteiger partial charge in [0.1, 0.15) is 12.4 Å². The summed E-state index contributed by atoms with van der Waals surface area (Å²) in [6, 6.07) is 3.70. The lowest BCUT2D eigenvalue weighted by molar-refractivity contribution is 0.0182. The lowest BCUT2D eigenvalue weighted by Crippen LogP contribution is -2.34. The second-order valence-corrected chi connectivity index (χ2v) is 5.62. The van der Waals surface area contributed by atoms with Gasteiger partial charge >= 0.3 is 0 Å². The molecule has 0 aromatic carbocycles. The minimum Gasteiger partial charge on any atom is -0.475 e. The monoisotopic (exact) mass is 329 g/mol. The highest BCUT2D eigenvalue weighted by Gasteiger charge is 2.34. The maximum Gasteiger partial charge on any atom is 0.232 e. The summed E-state index contributed by atoms with van der Waals surface area (Å²) in [5.41, 5.74) is 5.48. The second kappa shape index (κ2) is 6.76. The Balaban J connectivity index is 1.78. The Morgan fingerprint density at radius 2 is 2.12 bits per heavy atom. The summed E-state index contributed by atoms with van der Waals surface area (Å²) >= 11 is 0. The molecule has 124 valence electrons. The lowest BCUT2D eigenvalue weighted by Gasteiger charge is -2.29. The molecule has 0 saturated carbocycles. The van der Waals surface area contributed by atoms with E-state index in [1.165, 1.54) is 18.5 Å². The number of rotatable bonds is 4. The van der Waals surface area contributed by atoms with Crippen LogP contribution in [0.5, 0.6) is 5.88 Å². The molecule has 7 nitrogen and oxygen atoms in total. The van der Waals surface area contributed by atoms with Crippen LogP contribution in [0.1, 0.15) is 12.8 Å². The first kappa shape index (κ1) is 16.1. The van der Waals surface area contributed by atoms with E-state index in [0.717, 1.165) is 6.20 Å². The van der Waals surface area contributed by atoms with E-state index in [4.69, 9.17) is 15.2 Å². The van der Waals surface area contributed by atoms with Crippen molar-refractivity contribution in [2.24, 2.45) is 5.41 Å². The molecule has 0 unspecified atom stereocenters. The second-order valence-electron chi connectivity index (χ2n) is 5.62. The number of nitrogens with zero attached hydrogens (tertiary/aromatic N) is 4. The molecule has 24 heavy (non-hydrogen) atoms. The predicted octanol–water partition coefficient (Wildman–Crippen LogP) is 1.96. The molecule has 8 heteroatoms. The van der Waals surface area contributed by atoms with E-state index in [1.54, 1.807) is 0 Å². The topological polar surface area (TPSA) is 107 Å². The van der Waals surface area contributed by atoms with Crippen LogP contribution in [0.3, 0.4) is 0 Å². The highest BCUT2D eigenvalue weighted by molar-refractivity contribution is 5.62. The standard InChI is InChI=1S/C16H16FN5O2/c17-12-6-21-14(19)5-11(12)13-7-20-8-15(22-13)24-10-16(9-18)1-3-23-4-2-16/h5-8H,1-4,10H2,(H2,19,21). The molecule has 2 N–H and O–H groups in total. The first-order valence-electron chi connectivity index (χ1n) is 7.47. The number of ether oxygens (including phenoxy) is 2. The van der Waals surface area contributed by atoms with Crippen molar-refractivity contribution >= 4 is 5.82 Å². The molecule has 1 saturated heterocycles. The van der Waals surface area contributed by atoms with E-state index in [-0.39, 0.29) is 29.6 Å². The molecule has 2 aromatic rings. The van der Waals surface area contributed by atoms with E-state index in [1.807, 2.05) is 0 Å². The van der Waals surface area contributed by atoms with Gasteiger partial charge in [-0.15, -0.1) is 0 Å². The van der Waals surface area contributed by atoms with Gasteiger partial charge in [-0.25, -0.2) is 14.4 Å². The van der Waals surface area contributed by atoms with Crippen LogP contribution in [-0.2, 0) is 4.74 Å². The molecule has 0 aliphatic carbocycles. The highest BCUT2D eigenvalue weighted by Crippen LogP contribution is 2.30. The average molecular weight is 329 g/mol. The van der Waals surface area contributed by atoms with E-state index in [9.17, 15) is 9.65 Å². The zero-order valence-corrected chi connectivity index (χ0v) is 12.9. The maximum absolute atomic E-state index is 13.9. The summed E-state index contributed by atoms with van der Waals surface area (Å²) < 4.78 is 24.8. The Kier molecular flexibility index (Phi) is 4.53. The van der Waals surface area contributed by atoms with Crippen molar-refractivity contribution in [3.05, 3.63) is 30.5 Å². The Hall–Kier alpha value is -2.79. The number of hydrogen-bond acceptors (Lipinski definition) is 7. The van der Waals surface area contributed by atoms with Gasteiger partial charge in [-0.05, 0) is 18.9 Å². The third-order valence-electron chi connectivity index (χ3n) is 3.95. The van der Waals surface area contributed by atoms with Crippen molar-refractivity contribution in [2.45, 2.75) is 12.8 Å². The van der Waals surface area contributed by atoms with Gasteiger partial charge in [-0.3, -0.25) is 4.98 Å². The van der Waals surface area contributed by atoms with E-state index >= 15 is 0 Å². The molecule has 1 aliphatic heterocycles. The molecular formula is C16H16FN5O2. The van der Waals surface area contributed by atoms with Gasteiger partial charge in [0.15, 0.2) is 5.82 Å². The Morgan fingerprint density at radius 3 is 2.88 bits per heavy atom. The minimum atomic E-state index is -0.595. The van der Waals surface area contributed by atoms with Crippen molar-refractivity contribution in [2.75, 3.05) is 25.6 Å².